The van der Waals surface area contributed by atoms with Gasteiger partial charge in [-0.05, 0) is 48.5 Å². The first-order valence-electron chi connectivity index (χ1n) is 10.3. The Labute approximate surface area is 199 Å². The van der Waals surface area contributed by atoms with Crippen LogP contribution >= 0.6 is 11.6 Å². The highest BCUT2D eigenvalue weighted by atomic mass is 35.5. The van der Waals surface area contributed by atoms with Crippen LogP contribution in [-0.2, 0) is 6.54 Å². The Morgan fingerprint density at radius 1 is 1.00 bits per heavy atom. The van der Waals surface area contributed by atoms with Gasteiger partial charge >= 0.3 is 0 Å². The number of hydrogen-bond donors (Lipinski definition) is 2. The van der Waals surface area contributed by atoms with Crippen LogP contribution in [0.25, 0.3) is 17.0 Å². The third-order valence-corrected chi connectivity index (χ3v) is 5.67. The summed E-state index contributed by atoms with van der Waals surface area (Å²) in [5.41, 5.74) is 3.66. The summed E-state index contributed by atoms with van der Waals surface area (Å²) in [6.07, 6.45) is 1.64. The first-order chi connectivity index (χ1) is 16.4. The van der Waals surface area contributed by atoms with Crippen LogP contribution in [0.3, 0.4) is 0 Å². The predicted octanol–water partition coefficient (Wildman–Crippen LogP) is 6.70. The molecule has 0 aliphatic carbocycles. The molecule has 8 heteroatoms. The predicted molar refractivity (Wildman–Crippen MR) is 130 cm³/mol. The molecule has 0 saturated carbocycles. The van der Waals surface area contributed by atoms with E-state index in [9.17, 15) is 13.9 Å². The molecule has 1 aliphatic heterocycles. The molecule has 0 radical (unpaired) electrons. The number of hydrogen-bond acceptors (Lipinski definition) is 5. The summed E-state index contributed by atoms with van der Waals surface area (Å²) in [7, 11) is 0. The summed E-state index contributed by atoms with van der Waals surface area (Å²) < 4.78 is 29.3. The van der Waals surface area contributed by atoms with Crippen LogP contribution in [0.5, 0.6) is 0 Å². The van der Waals surface area contributed by atoms with Gasteiger partial charge in [-0.1, -0.05) is 30.3 Å². The summed E-state index contributed by atoms with van der Waals surface area (Å²) in [4.78, 5) is 13.6. The van der Waals surface area contributed by atoms with Crippen LogP contribution in [0.4, 0.5) is 20.4 Å². The van der Waals surface area contributed by atoms with Gasteiger partial charge in [0.05, 0.1) is 23.5 Å². The lowest BCUT2D eigenvalue weighted by atomic mass is 9.95. The van der Waals surface area contributed by atoms with Gasteiger partial charge < -0.3 is 10.4 Å². The fourth-order valence-electron chi connectivity index (χ4n) is 3.80. The Morgan fingerprint density at radius 2 is 1.74 bits per heavy atom. The van der Waals surface area contributed by atoms with Crippen LogP contribution < -0.4 is 5.32 Å². The first kappa shape index (κ1) is 21.7. The van der Waals surface area contributed by atoms with Crippen molar-refractivity contribution in [3.05, 3.63) is 112 Å². The van der Waals surface area contributed by atoms with Crippen LogP contribution in [0.1, 0.15) is 22.3 Å². The van der Waals surface area contributed by atoms with Crippen molar-refractivity contribution in [1.29, 1.82) is 0 Å². The molecular weight excluding hydrogens is 458 g/mol. The lowest BCUT2D eigenvalue weighted by molar-refractivity contribution is 0.514. The zero-order valence-electron chi connectivity index (χ0n) is 17.7. The van der Waals surface area contributed by atoms with E-state index in [-0.39, 0.29) is 23.6 Å². The van der Waals surface area contributed by atoms with Crippen molar-refractivity contribution < 1.29 is 13.9 Å². The number of anilines is 2. The number of nitrogens with one attached hydrogen (secondary N) is 1. The topological polar surface area (TPSA) is 70.4 Å². The number of benzene rings is 3. The molecule has 0 unspecified atom stereocenters. The Morgan fingerprint density at radius 3 is 2.44 bits per heavy atom. The lowest BCUT2D eigenvalue weighted by Gasteiger charge is -2.13. The molecule has 0 bridgehead atoms. The number of aromatic nitrogens is 2. The van der Waals surface area contributed by atoms with E-state index in [0.29, 0.717) is 44.6 Å². The molecular formula is C26H17ClF2N4O. The summed E-state index contributed by atoms with van der Waals surface area (Å²) in [5, 5.41) is 13.0. The van der Waals surface area contributed by atoms with Gasteiger partial charge in [-0.15, -0.1) is 0 Å². The molecule has 168 valence electrons. The highest BCUT2D eigenvalue weighted by molar-refractivity contribution is 6.31. The van der Waals surface area contributed by atoms with E-state index in [0.717, 1.165) is 0 Å². The first-order valence-corrected chi connectivity index (χ1v) is 10.7. The summed E-state index contributed by atoms with van der Waals surface area (Å²) in [5.74, 6) is -1.11. The second-order valence-electron chi connectivity index (χ2n) is 7.67. The van der Waals surface area contributed by atoms with Crippen LogP contribution in [0, 0.1) is 11.6 Å². The van der Waals surface area contributed by atoms with Gasteiger partial charge in [-0.3, -0.25) is 4.99 Å². The monoisotopic (exact) mass is 474 g/mol. The third-order valence-electron chi connectivity index (χ3n) is 5.44. The van der Waals surface area contributed by atoms with E-state index in [1.54, 1.807) is 48.7 Å². The van der Waals surface area contributed by atoms with Crippen molar-refractivity contribution in [1.82, 2.24) is 9.97 Å². The van der Waals surface area contributed by atoms with Crippen molar-refractivity contribution in [2.24, 2.45) is 4.99 Å². The van der Waals surface area contributed by atoms with Crippen LogP contribution in [0.2, 0.25) is 5.02 Å². The van der Waals surface area contributed by atoms with Crippen molar-refractivity contribution in [2.45, 2.75) is 6.54 Å². The number of aliphatic imine (C=N–C) groups is 1. The average Bonchev–Trinajstić information content (AvgIpc) is 2.96. The SMILES string of the molecule is C=C(O)c1ccc(Nc2ncc3c(n2)-c2ccc(Cl)cc2C(c2c(F)cccc2F)=NC3)cc1. The fraction of sp³-hybridized carbons (Fsp3) is 0.0385. The minimum absolute atomic E-state index is 0.0230. The maximum atomic E-state index is 14.7. The third kappa shape index (κ3) is 4.02. The Hall–Kier alpha value is -4.10. The molecule has 4 aromatic rings. The smallest absolute Gasteiger partial charge is 0.227 e. The van der Waals surface area contributed by atoms with Gasteiger partial charge in [-0.25, -0.2) is 18.7 Å². The quantitative estimate of drug-likeness (QED) is 0.323. The number of aliphatic hydroxyl groups is 1. The van der Waals surface area contributed by atoms with Gasteiger partial charge in [0, 0.05) is 39.2 Å². The summed E-state index contributed by atoms with van der Waals surface area (Å²) in [6, 6.07) is 15.8. The van der Waals surface area contributed by atoms with Crippen molar-refractivity contribution in [3.63, 3.8) is 0 Å². The van der Waals surface area contributed by atoms with E-state index in [1.165, 1.54) is 18.2 Å². The molecule has 0 spiro atoms. The van der Waals surface area contributed by atoms with E-state index < -0.39 is 11.6 Å². The average molecular weight is 475 g/mol. The molecule has 0 fully saturated rings. The van der Waals surface area contributed by atoms with Crippen molar-refractivity contribution >= 4 is 34.7 Å². The molecule has 0 saturated heterocycles. The second kappa shape index (κ2) is 8.68. The van der Waals surface area contributed by atoms with Crippen molar-refractivity contribution in [2.75, 3.05) is 5.32 Å². The zero-order chi connectivity index (χ0) is 23.8. The zero-order valence-corrected chi connectivity index (χ0v) is 18.4. The maximum absolute atomic E-state index is 14.7. The van der Waals surface area contributed by atoms with E-state index >= 15 is 0 Å². The number of halogens is 3. The Balaban J connectivity index is 1.59. The van der Waals surface area contributed by atoms with Gasteiger partial charge in [0.1, 0.15) is 17.4 Å². The van der Waals surface area contributed by atoms with E-state index in [4.69, 9.17) is 11.6 Å². The largest absolute Gasteiger partial charge is 0.508 e. The second-order valence-corrected chi connectivity index (χ2v) is 8.10. The minimum Gasteiger partial charge on any atom is -0.508 e. The highest BCUT2D eigenvalue weighted by Crippen LogP contribution is 2.34. The molecule has 5 rings (SSSR count). The molecule has 1 aliphatic rings. The molecule has 2 heterocycles. The van der Waals surface area contributed by atoms with E-state index in [2.05, 4.69) is 26.9 Å². The van der Waals surface area contributed by atoms with Gasteiger partial charge in [-0.2, -0.15) is 0 Å². The van der Waals surface area contributed by atoms with Gasteiger partial charge in [0.25, 0.3) is 0 Å². The number of fused-ring (bicyclic) bond motifs is 3. The summed E-state index contributed by atoms with van der Waals surface area (Å²) in [6.45, 7) is 3.64. The molecule has 2 N–H and O–H groups in total. The maximum Gasteiger partial charge on any atom is 0.227 e. The Bertz CT molecular complexity index is 1450. The van der Waals surface area contributed by atoms with E-state index in [1.807, 2.05) is 0 Å². The normalized spacial score (nSPS) is 12.3. The van der Waals surface area contributed by atoms with Gasteiger partial charge in [0.2, 0.25) is 5.95 Å². The minimum atomic E-state index is -0.710. The molecule has 3 aromatic carbocycles. The summed E-state index contributed by atoms with van der Waals surface area (Å²) >= 11 is 6.25. The number of rotatable bonds is 4. The standard InChI is InChI=1S/C26H17ClF2N4O/c1-14(34)15-5-8-18(9-6-15)32-26-31-13-16-12-30-25(23-21(28)3-2-4-22(23)29)20-11-17(27)7-10-19(20)24(16)33-26/h2-11,13,34H,1,12H2,(H,31,32,33). The molecule has 5 nitrogen and oxygen atoms in total. The number of nitrogens with zero attached hydrogens (tertiary/aromatic N) is 3. The molecule has 1 aromatic heterocycles. The molecule has 0 atom stereocenters. The highest BCUT2D eigenvalue weighted by Gasteiger charge is 2.25. The number of aliphatic hydroxyl groups excluding tert-OH is 1. The lowest BCUT2D eigenvalue weighted by Crippen LogP contribution is -2.10. The molecule has 34 heavy (non-hydrogen) atoms. The van der Waals surface area contributed by atoms with Crippen LogP contribution in [-0.4, -0.2) is 20.8 Å². The van der Waals surface area contributed by atoms with Gasteiger partial charge in [0.15, 0.2) is 0 Å². The van der Waals surface area contributed by atoms with Crippen molar-refractivity contribution in [3.8, 4) is 11.3 Å². The Kier molecular flexibility index (Phi) is 5.55. The molecule has 0 amide bonds. The fourth-order valence-corrected chi connectivity index (χ4v) is 3.97. The van der Waals surface area contributed by atoms with Crippen LogP contribution in [0.15, 0.2) is 78.4 Å².